The quantitative estimate of drug-likeness (QED) is 0.140. The van der Waals surface area contributed by atoms with E-state index in [9.17, 15) is 0 Å². The van der Waals surface area contributed by atoms with Crippen molar-refractivity contribution in [3.05, 3.63) is 326 Å². The zero-order chi connectivity index (χ0) is 50.9. The summed E-state index contributed by atoms with van der Waals surface area (Å²) in [7, 11) is 0. The lowest BCUT2D eigenvalue weighted by molar-refractivity contribution is 0.768. The highest BCUT2D eigenvalue weighted by Crippen LogP contribution is 2.57. The average molecular weight is 979 g/mol. The molecule has 0 amide bonds. The molecular formula is C75H50N2. The molecule has 1 aromatic heterocycles. The number of para-hydroxylation sites is 1. The molecule has 14 aromatic rings. The van der Waals surface area contributed by atoms with Crippen molar-refractivity contribution in [2.45, 2.75) is 5.41 Å². The van der Waals surface area contributed by atoms with E-state index in [0.29, 0.717) is 0 Å². The van der Waals surface area contributed by atoms with Gasteiger partial charge in [0.25, 0.3) is 0 Å². The summed E-state index contributed by atoms with van der Waals surface area (Å²) in [4.78, 5) is 2.44. The van der Waals surface area contributed by atoms with Crippen LogP contribution in [0.1, 0.15) is 22.3 Å². The van der Waals surface area contributed by atoms with Gasteiger partial charge in [-0.2, -0.15) is 0 Å². The van der Waals surface area contributed by atoms with Crippen LogP contribution >= 0.6 is 0 Å². The summed E-state index contributed by atoms with van der Waals surface area (Å²) in [6, 6.07) is 112. The summed E-state index contributed by atoms with van der Waals surface area (Å²) in [6.07, 6.45) is 0. The van der Waals surface area contributed by atoms with Gasteiger partial charge in [0, 0.05) is 33.2 Å². The molecule has 0 atom stereocenters. The minimum Gasteiger partial charge on any atom is -0.310 e. The fraction of sp³-hybridized carbons (Fsp3) is 0.0133. The Balaban J connectivity index is 0.847. The first-order chi connectivity index (χ1) is 38.2. The molecule has 0 bridgehead atoms. The van der Waals surface area contributed by atoms with Crippen LogP contribution in [0.2, 0.25) is 0 Å². The monoisotopic (exact) mass is 978 g/mol. The Morgan fingerprint density at radius 2 is 0.766 bits per heavy atom. The second-order valence-corrected chi connectivity index (χ2v) is 20.4. The van der Waals surface area contributed by atoms with Crippen molar-refractivity contribution >= 4 is 60.4 Å². The molecule has 0 radical (unpaired) electrons. The van der Waals surface area contributed by atoms with Gasteiger partial charge in [0.2, 0.25) is 0 Å². The number of anilines is 3. The van der Waals surface area contributed by atoms with E-state index in [1.54, 1.807) is 0 Å². The normalized spacial score (nSPS) is 12.5. The van der Waals surface area contributed by atoms with E-state index in [1.165, 1.54) is 105 Å². The number of rotatable bonds is 9. The smallest absolute Gasteiger partial charge is 0.0714 e. The minimum absolute atomic E-state index is 0.531. The topological polar surface area (TPSA) is 8.17 Å². The van der Waals surface area contributed by atoms with Crippen LogP contribution < -0.4 is 4.90 Å². The summed E-state index contributed by atoms with van der Waals surface area (Å²) in [6.45, 7) is 0. The molecule has 1 heterocycles. The van der Waals surface area contributed by atoms with E-state index in [0.717, 1.165) is 28.2 Å². The lowest BCUT2D eigenvalue weighted by atomic mass is 9.67. The number of hydrogen-bond donors (Lipinski definition) is 0. The molecular weight excluding hydrogens is 929 g/mol. The maximum absolute atomic E-state index is 2.46. The zero-order valence-electron chi connectivity index (χ0n) is 42.3. The lowest BCUT2D eigenvalue weighted by Gasteiger charge is -2.35. The maximum atomic E-state index is 2.46. The largest absolute Gasteiger partial charge is 0.310 e. The van der Waals surface area contributed by atoms with E-state index >= 15 is 0 Å². The van der Waals surface area contributed by atoms with Gasteiger partial charge in [0.15, 0.2) is 0 Å². The molecule has 0 saturated carbocycles. The number of aromatic nitrogens is 1. The molecule has 15 rings (SSSR count). The van der Waals surface area contributed by atoms with Crippen molar-refractivity contribution in [2.24, 2.45) is 0 Å². The molecule has 0 saturated heterocycles. The molecule has 360 valence electrons. The summed E-state index contributed by atoms with van der Waals surface area (Å²) in [5, 5.41) is 7.46. The first-order valence-corrected chi connectivity index (χ1v) is 26.7. The number of hydrogen-bond acceptors (Lipinski definition) is 1. The molecule has 0 fully saturated rings. The van der Waals surface area contributed by atoms with Gasteiger partial charge in [-0.1, -0.05) is 243 Å². The van der Waals surface area contributed by atoms with Crippen LogP contribution in [0.3, 0.4) is 0 Å². The van der Waals surface area contributed by atoms with Gasteiger partial charge in [-0.25, -0.2) is 0 Å². The Morgan fingerprint density at radius 1 is 0.260 bits per heavy atom. The van der Waals surface area contributed by atoms with E-state index < -0.39 is 5.41 Å². The predicted octanol–water partition coefficient (Wildman–Crippen LogP) is 19.9. The Bertz CT molecular complexity index is 4500. The van der Waals surface area contributed by atoms with Crippen LogP contribution in [-0.2, 0) is 5.41 Å². The molecule has 0 unspecified atom stereocenters. The van der Waals surface area contributed by atoms with Crippen LogP contribution in [0.25, 0.3) is 93.5 Å². The van der Waals surface area contributed by atoms with Gasteiger partial charge in [0.05, 0.1) is 22.1 Å². The molecule has 13 aromatic carbocycles. The highest BCUT2D eigenvalue weighted by atomic mass is 15.1. The SMILES string of the molecule is c1ccc(C2(c3ccccc3)c3ccccc3-c3ccc(N(c4ccc(-c5cccc6ccccc56)cc4)c4cccc(-c5ccc(-c6ccc7c(c6)c6ccccc6n7-c6cccc7ccccc67)cc5)c4)cc32)cc1. The van der Waals surface area contributed by atoms with Crippen molar-refractivity contribution in [1.29, 1.82) is 0 Å². The van der Waals surface area contributed by atoms with Crippen LogP contribution in [0, 0.1) is 0 Å². The van der Waals surface area contributed by atoms with E-state index in [2.05, 4.69) is 313 Å². The number of nitrogens with zero attached hydrogens (tertiary/aromatic N) is 2. The third-order valence-corrected chi connectivity index (χ3v) is 16.3. The Morgan fingerprint density at radius 3 is 1.52 bits per heavy atom. The van der Waals surface area contributed by atoms with Gasteiger partial charge in [-0.05, 0) is 144 Å². The lowest BCUT2D eigenvalue weighted by Crippen LogP contribution is -2.28. The van der Waals surface area contributed by atoms with E-state index in [1.807, 2.05) is 0 Å². The van der Waals surface area contributed by atoms with Crippen molar-refractivity contribution in [2.75, 3.05) is 4.90 Å². The summed E-state index contributed by atoms with van der Waals surface area (Å²) >= 11 is 0. The Kier molecular flexibility index (Phi) is 10.5. The zero-order valence-corrected chi connectivity index (χ0v) is 42.3. The minimum atomic E-state index is -0.531. The second-order valence-electron chi connectivity index (χ2n) is 20.4. The Labute approximate surface area is 448 Å². The number of fused-ring (bicyclic) bond motifs is 8. The third-order valence-electron chi connectivity index (χ3n) is 16.3. The van der Waals surface area contributed by atoms with Gasteiger partial charge in [-0.15, -0.1) is 0 Å². The predicted molar refractivity (Wildman–Crippen MR) is 324 cm³/mol. The van der Waals surface area contributed by atoms with Gasteiger partial charge < -0.3 is 9.47 Å². The van der Waals surface area contributed by atoms with Gasteiger partial charge in [0.1, 0.15) is 0 Å². The van der Waals surface area contributed by atoms with Crippen LogP contribution in [0.5, 0.6) is 0 Å². The van der Waals surface area contributed by atoms with Crippen molar-refractivity contribution in [1.82, 2.24) is 4.57 Å². The highest BCUT2D eigenvalue weighted by Gasteiger charge is 2.46. The molecule has 0 N–H and O–H groups in total. The van der Waals surface area contributed by atoms with Crippen LogP contribution in [0.15, 0.2) is 303 Å². The molecule has 0 spiro atoms. The van der Waals surface area contributed by atoms with Crippen molar-refractivity contribution < 1.29 is 0 Å². The van der Waals surface area contributed by atoms with E-state index in [-0.39, 0.29) is 0 Å². The summed E-state index contributed by atoms with van der Waals surface area (Å²) < 4.78 is 2.43. The van der Waals surface area contributed by atoms with Crippen LogP contribution in [0.4, 0.5) is 17.1 Å². The third kappa shape index (κ3) is 7.18. The number of benzene rings is 13. The first-order valence-electron chi connectivity index (χ1n) is 26.7. The molecule has 77 heavy (non-hydrogen) atoms. The van der Waals surface area contributed by atoms with E-state index in [4.69, 9.17) is 0 Å². The average Bonchev–Trinajstić information content (AvgIpc) is 4.24. The second kappa shape index (κ2) is 18.1. The molecule has 0 aliphatic heterocycles. The molecule has 1 aliphatic carbocycles. The summed E-state index contributed by atoms with van der Waals surface area (Å²) in [5.74, 6) is 0. The molecule has 2 nitrogen and oxygen atoms in total. The fourth-order valence-electron chi connectivity index (χ4n) is 12.8. The molecule has 1 aliphatic rings. The van der Waals surface area contributed by atoms with Crippen molar-refractivity contribution in [3.8, 4) is 50.2 Å². The fourth-order valence-corrected chi connectivity index (χ4v) is 12.8. The standard InChI is InChI=1S/C75H50N2/c1-3-23-58(24-4-1)75(59-25-5-2-6-26-59)70-33-13-11-30-66(70)67-46-45-62(50-71(67)75)76(60-43-40-55(41-44-60)64-32-16-20-53-18-7-9-28-63(53)64)61-27-15-22-56(48-61)51-36-38-52(39-37-51)57-42-47-74-69(49-57)68-31-12-14-34-73(68)77(74)72-35-17-21-54-19-8-10-29-65(54)72/h1-50H. The first kappa shape index (κ1) is 44.5. The van der Waals surface area contributed by atoms with Crippen LogP contribution in [-0.4, -0.2) is 4.57 Å². The Hall–Kier alpha value is -10.0. The molecule has 2 heteroatoms. The maximum Gasteiger partial charge on any atom is 0.0714 e. The van der Waals surface area contributed by atoms with Gasteiger partial charge in [-0.3, -0.25) is 0 Å². The highest BCUT2D eigenvalue weighted by molar-refractivity contribution is 6.12. The van der Waals surface area contributed by atoms with Gasteiger partial charge >= 0.3 is 0 Å². The van der Waals surface area contributed by atoms with Crippen molar-refractivity contribution in [3.63, 3.8) is 0 Å². The summed E-state index contributed by atoms with van der Waals surface area (Å²) in [5.41, 5.74) is 21.0.